The molecule has 0 radical (unpaired) electrons. The molecular weight excluding hydrogens is 409 g/mol. The summed E-state index contributed by atoms with van der Waals surface area (Å²) >= 11 is 0. The Labute approximate surface area is 176 Å². The van der Waals surface area contributed by atoms with Gasteiger partial charge in [0.2, 0.25) is 0 Å². The molecule has 0 unspecified atom stereocenters. The lowest BCUT2D eigenvalue weighted by Crippen LogP contribution is -2.35. The Bertz CT molecular complexity index is 1100. The van der Waals surface area contributed by atoms with E-state index < -0.39 is 23.6 Å². The molecule has 31 heavy (non-hydrogen) atoms. The molecule has 0 fully saturated rings. The number of aryl methyl sites for hydroxylation is 1. The predicted octanol–water partition coefficient (Wildman–Crippen LogP) is 4.69. The molecule has 1 aromatic heterocycles. The van der Waals surface area contributed by atoms with E-state index in [9.17, 15) is 22.8 Å². The topological polar surface area (TPSA) is 71.3 Å². The van der Waals surface area contributed by atoms with Crippen LogP contribution in [0.2, 0.25) is 0 Å². The zero-order chi connectivity index (χ0) is 22.4. The number of nitrogens with one attached hydrogen (secondary N) is 2. The minimum atomic E-state index is -4.55. The molecule has 0 aliphatic rings. The number of carbonyl (C=O) groups excluding carboxylic acids is 2. The smallest absolute Gasteiger partial charge is 0.416 e. The van der Waals surface area contributed by atoms with Gasteiger partial charge in [0.1, 0.15) is 17.2 Å². The van der Waals surface area contributed by atoms with Crippen LogP contribution < -0.4 is 10.6 Å². The van der Waals surface area contributed by atoms with Gasteiger partial charge in [0.15, 0.2) is 0 Å². The molecule has 0 atom stereocenters. The molecule has 3 aromatic rings. The first-order chi connectivity index (χ1) is 14.7. The second-order valence-corrected chi connectivity index (χ2v) is 6.66. The highest BCUT2D eigenvalue weighted by Crippen LogP contribution is 2.31. The second-order valence-electron chi connectivity index (χ2n) is 6.66. The third-order valence-electron chi connectivity index (χ3n) is 4.34. The Morgan fingerprint density at radius 3 is 2.29 bits per heavy atom. The molecule has 0 aliphatic heterocycles. The van der Waals surface area contributed by atoms with Crippen LogP contribution in [-0.2, 0) is 17.5 Å². The normalized spacial score (nSPS) is 11.8. The van der Waals surface area contributed by atoms with Gasteiger partial charge in [-0.3, -0.25) is 9.59 Å². The van der Waals surface area contributed by atoms with Gasteiger partial charge in [-0.2, -0.15) is 13.2 Å². The van der Waals surface area contributed by atoms with E-state index in [1.54, 1.807) is 49.4 Å². The van der Waals surface area contributed by atoms with Crippen molar-refractivity contribution in [3.8, 4) is 0 Å². The highest BCUT2D eigenvalue weighted by Gasteiger charge is 2.32. The molecule has 0 aliphatic carbocycles. The standard InChI is InChI=1S/C23H19F3N2O3/c1-15-11-12-18(31-15)13-20(28-21(29)16-7-3-2-4-8-16)22(30)27-14-17-9-5-6-10-19(17)23(24,25)26/h2-13H,14H2,1H3,(H,27,30)(H,28,29)/b20-13+. The van der Waals surface area contributed by atoms with E-state index in [0.717, 1.165) is 6.07 Å². The van der Waals surface area contributed by atoms with Gasteiger partial charge in [-0.05, 0) is 42.8 Å². The van der Waals surface area contributed by atoms with Crippen molar-refractivity contribution < 1.29 is 27.2 Å². The van der Waals surface area contributed by atoms with Gasteiger partial charge < -0.3 is 15.1 Å². The number of hydrogen-bond acceptors (Lipinski definition) is 3. The summed E-state index contributed by atoms with van der Waals surface area (Å²) in [4.78, 5) is 25.2. The van der Waals surface area contributed by atoms with Gasteiger partial charge in [0.05, 0.1) is 5.56 Å². The molecule has 8 heteroatoms. The SMILES string of the molecule is Cc1ccc(/C=C(/NC(=O)c2ccccc2)C(=O)NCc2ccccc2C(F)(F)F)o1. The molecular formula is C23H19F3N2O3. The lowest BCUT2D eigenvalue weighted by atomic mass is 10.1. The Kier molecular flexibility index (Phi) is 6.59. The fourth-order valence-corrected chi connectivity index (χ4v) is 2.84. The Morgan fingerprint density at radius 1 is 0.968 bits per heavy atom. The number of rotatable bonds is 6. The van der Waals surface area contributed by atoms with Crippen LogP contribution >= 0.6 is 0 Å². The van der Waals surface area contributed by atoms with E-state index in [-0.39, 0.29) is 17.8 Å². The number of alkyl halides is 3. The van der Waals surface area contributed by atoms with E-state index in [0.29, 0.717) is 17.1 Å². The van der Waals surface area contributed by atoms with Crippen LogP contribution in [0, 0.1) is 6.92 Å². The third-order valence-corrected chi connectivity index (χ3v) is 4.34. The summed E-state index contributed by atoms with van der Waals surface area (Å²) in [6.45, 7) is 1.35. The molecule has 5 nitrogen and oxygen atoms in total. The van der Waals surface area contributed by atoms with Crippen molar-refractivity contribution in [2.45, 2.75) is 19.6 Å². The van der Waals surface area contributed by atoms with Crippen LogP contribution in [0.4, 0.5) is 13.2 Å². The quantitative estimate of drug-likeness (QED) is 0.560. The molecule has 2 amide bonds. The van der Waals surface area contributed by atoms with Crippen molar-refractivity contribution >= 4 is 17.9 Å². The highest BCUT2D eigenvalue weighted by molar-refractivity contribution is 6.05. The van der Waals surface area contributed by atoms with Crippen molar-refractivity contribution in [1.82, 2.24) is 10.6 Å². The zero-order valence-electron chi connectivity index (χ0n) is 16.5. The average Bonchev–Trinajstić information content (AvgIpc) is 3.16. The van der Waals surface area contributed by atoms with Crippen molar-refractivity contribution in [3.05, 3.63) is 101 Å². The fraction of sp³-hybridized carbons (Fsp3) is 0.130. The van der Waals surface area contributed by atoms with Gasteiger partial charge in [-0.1, -0.05) is 36.4 Å². The zero-order valence-corrected chi connectivity index (χ0v) is 16.5. The molecule has 160 valence electrons. The van der Waals surface area contributed by atoms with Gasteiger partial charge in [-0.15, -0.1) is 0 Å². The van der Waals surface area contributed by atoms with Crippen LogP contribution in [0.25, 0.3) is 6.08 Å². The lowest BCUT2D eigenvalue weighted by molar-refractivity contribution is -0.138. The first-order valence-electron chi connectivity index (χ1n) is 9.32. The third kappa shape index (κ3) is 5.85. The van der Waals surface area contributed by atoms with Crippen molar-refractivity contribution in [2.24, 2.45) is 0 Å². The average molecular weight is 428 g/mol. The van der Waals surface area contributed by atoms with Gasteiger partial charge >= 0.3 is 6.18 Å². The maximum atomic E-state index is 13.2. The van der Waals surface area contributed by atoms with E-state index in [4.69, 9.17) is 4.42 Å². The monoisotopic (exact) mass is 428 g/mol. The van der Waals surface area contributed by atoms with Crippen molar-refractivity contribution in [2.75, 3.05) is 0 Å². The largest absolute Gasteiger partial charge is 0.462 e. The predicted molar refractivity (Wildman–Crippen MR) is 109 cm³/mol. The van der Waals surface area contributed by atoms with E-state index in [2.05, 4.69) is 10.6 Å². The molecule has 2 N–H and O–H groups in total. The van der Waals surface area contributed by atoms with Crippen LogP contribution in [0.5, 0.6) is 0 Å². The lowest BCUT2D eigenvalue weighted by Gasteiger charge is -2.14. The molecule has 0 bridgehead atoms. The maximum Gasteiger partial charge on any atom is 0.416 e. The molecule has 0 saturated carbocycles. The number of furan rings is 1. The Hall–Kier alpha value is -3.81. The van der Waals surface area contributed by atoms with Crippen LogP contribution in [-0.4, -0.2) is 11.8 Å². The summed E-state index contributed by atoms with van der Waals surface area (Å²) in [5.74, 6) is -0.387. The minimum absolute atomic E-state index is 0.0917. The summed E-state index contributed by atoms with van der Waals surface area (Å²) in [5, 5.41) is 4.93. The summed E-state index contributed by atoms with van der Waals surface area (Å²) < 4.78 is 45.0. The number of halogens is 3. The first-order valence-corrected chi connectivity index (χ1v) is 9.32. The maximum absolute atomic E-state index is 13.2. The van der Waals surface area contributed by atoms with Crippen LogP contribution in [0.1, 0.15) is 33.0 Å². The molecule has 2 aromatic carbocycles. The molecule has 3 rings (SSSR count). The number of benzene rings is 2. The van der Waals surface area contributed by atoms with Crippen molar-refractivity contribution in [1.29, 1.82) is 0 Å². The summed E-state index contributed by atoms with van der Waals surface area (Å²) in [6, 6.07) is 16.5. The Balaban J connectivity index is 1.82. The van der Waals surface area contributed by atoms with Crippen molar-refractivity contribution in [3.63, 3.8) is 0 Å². The summed E-state index contributed by atoms with van der Waals surface area (Å²) in [7, 11) is 0. The highest BCUT2D eigenvalue weighted by atomic mass is 19.4. The van der Waals surface area contributed by atoms with Crippen LogP contribution in [0.15, 0.2) is 76.8 Å². The van der Waals surface area contributed by atoms with Gasteiger partial charge in [0.25, 0.3) is 11.8 Å². The van der Waals surface area contributed by atoms with Gasteiger partial charge in [-0.25, -0.2) is 0 Å². The summed E-state index contributed by atoms with van der Waals surface area (Å²) in [5.41, 5.74) is -0.770. The first kappa shape index (κ1) is 21.9. The van der Waals surface area contributed by atoms with E-state index in [1.807, 2.05) is 0 Å². The number of carbonyl (C=O) groups is 2. The minimum Gasteiger partial charge on any atom is -0.462 e. The fourth-order valence-electron chi connectivity index (χ4n) is 2.84. The molecule has 1 heterocycles. The Morgan fingerprint density at radius 2 is 1.65 bits per heavy atom. The second kappa shape index (κ2) is 9.34. The van der Waals surface area contributed by atoms with E-state index in [1.165, 1.54) is 24.3 Å². The van der Waals surface area contributed by atoms with E-state index >= 15 is 0 Å². The number of hydrogen-bond donors (Lipinski definition) is 2. The van der Waals surface area contributed by atoms with Gasteiger partial charge in [0, 0.05) is 18.2 Å². The molecule has 0 saturated heterocycles. The number of amides is 2. The molecule has 0 spiro atoms. The van der Waals surface area contributed by atoms with Crippen LogP contribution in [0.3, 0.4) is 0 Å². The summed E-state index contributed by atoms with van der Waals surface area (Å²) in [6.07, 6.45) is -3.23.